The molecule has 0 aliphatic rings. The van der Waals surface area contributed by atoms with Gasteiger partial charge in [-0.05, 0) is 47.8 Å². The molecule has 0 atom stereocenters. The van der Waals surface area contributed by atoms with E-state index in [9.17, 15) is 13.2 Å². The lowest BCUT2D eigenvalue weighted by Gasteiger charge is -2.12. The Morgan fingerprint density at radius 3 is 2.50 bits per heavy atom. The summed E-state index contributed by atoms with van der Waals surface area (Å²) in [4.78, 5) is 21.1. The van der Waals surface area contributed by atoms with E-state index in [-0.39, 0.29) is 22.9 Å². The Bertz CT molecular complexity index is 1420. The van der Waals surface area contributed by atoms with Crippen molar-refractivity contribution in [2.45, 2.75) is 4.90 Å². The summed E-state index contributed by atoms with van der Waals surface area (Å²) >= 11 is 1.01. The van der Waals surface area contributed by atoms with Crippen molar-refractivity contribution in [3.63, 3.8) is 0 Å². The number of esters is 1. The van der Waals surface area contributed by atoms with Crippen molar-refractivity contribution in [1.29, 1.82) is 0 Å². The van der Waals surface area contributed by atoms with E-state index in [1.165, 1.54) is 18.6 Å². The molecule has 0 radical (unpaired) electrons. The summed E-state index contributed by atoms with van der Waals surface area (Å²) < 4.78 is 37.7. The molecule has 2 aromatic carbocycles. The Labute approximate surface area is 200 Å². The van der Waals surface area contributed by atoms with Gasteiger partial charge in [0, 0.05) is 24.0 Å². The number of para-hydroxylation sites is 1. The third-order valence-electron chi connectivity index (χ3n) is 4.95. The minimum atomic E-state index is -3.88. The molecule has 2 N–H and O–H groups in total. The second-order valence-corrected chi connectivity index (χ2v) is 9.72. The molecule has 9 nitrogen and oxygen atoms in total. The number of nitrogens with zero attached hydrogens (tertiary/aromatic N) is 2. The van der Waals surface area contributed by atoms with Crippen molar-refractivity contribution in [3.8, 4) is 17.1 Å². The average molecular weight is 499 g/mol. The number of hydrogen-bond acceptors (Lipinski definition) is 9. The van der Waals surface area contributed by atoms with Crippen LogP contribution in [0.3, 0.4) is 0 Å². The van der Waals surface area contributed by atoms with Crippen LogP contribution in [0.5, 0.6) is 5.75 Å². The molecule has 176 valence electrons. The SMILES string of the molecule is COC(=O)c1sccc1S(=O)(=O)NCCNc1nc(-c2ccc(OC)cc2)nc2ccccc12. The first-order chi connectivity index (χ1) is 16.4. The molecule has 0 aliphatic heterocycles. The molecule has 0 saturated heterocycles. The molecule has 0 saturated carbocycles. The molecule has 4 aromatic rings. The van der Waals surface area contributed by atoms with Crippen molar-refractivity contribution in [2.24, 2.45) is 0 Å². The van der Waals surface area contributed by atoms with Crippen molar-refractivity contribution in [1.82, 2.24) is 14.7 Å². The van der Waals surface area contributed by atoms with E-state index < -0.39 is 16.0 Å². The summed E-state index contributed by atoms with van der Waals surface area (Å²) in [5.74, 6) is 1.16. The molecule has 4 rings (SSSR count). The third kappa shape index (κ3) is 5.01. The highest BCUT2D eigenvalue weighted by atomic mass is 32.2. The van der Waals surface area contributed by atoms with E-state index in [0.717, 1.165) is 33.6 Å². The van der Waals surface area contributed by atoms with Gasteiger partial charge in [0.05, 0.1) is 19.7 Å². The number of fused-ring (bicyclic) bond motifs is 1. The minimum absolute atomic E-state index is 0.0360. The van der Waals surface area contributed by atoms with E-state index >= 15 is 0 Å². The maximum absolute atomic E-state index is 12.7. The molecule has 0 bridgehead atoms. The normalized spacial score (nSPS) is 11.4. The molecule has 34 heavy (non-hydrogen) atoms. The molecule has 0 aliphatic carbocycles. The summed E-state index contributed by atoms with van der Waals surface area (Å²) in [5.41, 5.74) is 1.58. The maximum atomic E-state index is 12.7. The van der Waals surface area contributed by atoms with E-state index in [0.29, 0.717) is 11.6 Å². The summed E-state index contributed by atoms with van der Waals surface area (Å²) in [5, 5.41) is 5.54. The van der Waals surface area contributed by atoms with Gasteiger partial charge in [-0.1, -0.05) is 12.1 Å². The molecule has 2 heterocycles. The summed E-state index contributed by atoms with van der Waals surface area (Å²) in [6.07, 6.45) is 0. The lowest BCUT2D eigenvalue weighted by Crippen LogP contribution is -2.29. The lowest BCUT2D eigenvalue weighted by atomic mass is 10.1. The van der Waals surface area contributed by atoms with Crippen molar-refractivity contribution in [2.75, 3.05) is 32.6 Å². The second kappa shape index (κ2) is 10.2. The van der Waals surface area contributed by atoms with Gasteiger partial charge in [-0.3, -0.25) is 0 Å². The van der Waals surface area contributed by atoms with Crippen LogP contribution in [0, 0.1) is 0 Å². The van der Waals surface area contributed by atoms with Gasteiger partial charge in [0.15, 0.2) is 5.82 Å². The van der Waals surface area contributed by atoms with Crippen molar-refractivity contribution >= 4 is 44.1 Å². The van der Waals surface area contributed by atoms with Crippen LogP contribution >= 0.6 is 11.3 Å². The van der Waals surface area contributed by atoms with Crippen LogP contribution in [0.25, 0.3) is 22.3 Å². The predicted molar refractivity (Wildman–Crippen MR) is 131 cm³/mol. The number of anilines is 1. The van der Waals surface area contributed by atoms with E-state index in [1.807, 2.05) is 48.5 Å². The number of hydrogen-bond donors (Lipinski definition) is 2. The standard InChI is InChI=1S/C23H22N4O5S2/c1-31-16-9-7-15(8-10-16)21-26-18-6-4-3-5-17(18)22(27-21)24-12-13-25-34(29,30)19-11-14-33-20(19)23(28)32-2/h3-11,14,25H,12-13H2,1-2H3,(H,24,26,27). The number of nitrogens with one attached hydrogen (secondary N) is 2. The van der Waals surface area contributed by atoms with Gasteiger partial charge in [0.2, 0.25) is 10.0 Å². The van der Waals surface area contributed by atoms with Crippen molar-refractivity contribution in [3.05, 3.63) is 64.9 Å². The first kappa shape index (κ1) is 23.6. The zero-order valence-electron chi connectivity index (χ0n) is 18.4. The fourth-order valence-electron chi connectivity index (χ4n) is 3.28. The van der Waals surface area contributed by atoms with Crippen LogP contribution in [0.2, 0.25) is 0 Å². The van der Waals surface area contributed by atoms with Gasteiger partial charge in [-0.2, -0.15) is 0 Å². The van der Waals surface area contributed by atoms with Gasteiger partial charge in [0.1, 0.15) is 21.3 Å². The van der Waals surface area contributed by atoms with Crippen LogP contribution in [0.15, 0.2) is 64.9 Å². The topological polar surface area (TPSA) is 120 Å². The molecular weight excluding hydrogens is 476 g/mol. The number of sulfonamides is 1. The van der Waals surface area contributed by atoms with E-state index in [4.69, 9.17) is 4.74 Å². The van der Waals surface area contributed by atoms with Crippen LogP contribution in [-0.2, 0) is 14.8 Å². The fourth-order valence-corrected chi connectivity index (χ4v) is 5.64. The van der Waals surface area contributed by atoms with Gasteiger partial charge in [0.25, 0.3) is 0 Å². The summed E-state index contributed by atoms with van der Waals surface area (Å²) in [7, 11) is -1.07. The van der Waals surface area contributed by atoms with Gasteiger partial charge in [-0.15, -0.1) is 11.3 Å². The largest absolute Gasteiger partial charge is 0.497 e. The zero-order valence-corrected chi connectivity index (χ0v) is 20.1. The Morgan fingerprint density at radius 1 is 1.00 bits per heavy atom. The van der Waals surface area contributed by atoms with Crippen LogP contribution < -0.4 is 14.8 Å². The molecule has 0 spiro atoms. The Morgan fingerprint density at radius 2 is 1.76 bits per heavy atom. The molecule has 0 unspecified atom stereocenters. The highest BCUT2D eigenvalue weighted by Gasteiger charge is 2.24. The zero-order chi connectivity index (χ0) is 24.1. The Kier molecular flexibility index (Phi) is 7.06. The number of rotatable bonds is 9. The van der Waals surface area contributed by atoms with E-state index in [1.54, 1.807) is 7.11 Å². The highest BCUT2D eigenvalue weighted by Crippen LogP contribution is 2.26. The van der Waals surface area contributed by atoms with Crippen LogP contribution in [-0.4, -0.2) is 51.7 Å². The second-order valence-electron chi connectivity index (χ2n) is 7.07. The van der Waals surface area contributed by atoms with Crippen molar-refractivity contribution < 1.29 is 22.7 Å². The number of benzene rings is 2. The maximum Gasteiger partial charge on any atom is 0.349 e. The molecule has 11 heteroatoms. The number of methoxy groups -OCH3 is 2. The lowest BCUT2D eigenvalue weighted by molar-refractivity contribution is 0.0602. The predicted octanol–water partition coefficient (Wildman–Crippen LogP) is 3.54. The smallest absolute Gasteiger partial charge is 0.349 e. The molecule has 0 amide bonds. The quantitative estimate of drug-likeness (QED) is 0.266. The Hall–Kier alpha value is -3.54. The minimum Gasteiger partial charge on any atom is -0.497 e. The monoisotopic (exact) mass is 498 g/mol. The Balaban J connectivity index is 1.51. The number of carbonyl (C=O) groups is 1. The van der Waals surface area contributed by atoms with Gasteiger partial charge < -0.3 is 14.8 Å². The highest BCUT2D eigenvalue weighted by molar-refractivity contribution is 7.89. The van der Waals surface area contributed by atoms with Gasteiger partial charge >= 0.3 is 5.97 Å². The summed E-state index contributed by atoms with van der Waals surface area (Å²) in [6.45, 7) is 0.342. The van der Waals surface area contributed by atoms with Gasteiger partial charge in [-0.25, -0.2) is 27.9 Å². The summed E-state index contributed by atoms with van der Waals surface area (Å²) in [6, 6.07) is 16.4. The van der Waals surface area contributed by atoms with Crippen LogP contribution in [0.1, 0.15) is 9.67 Å². The number of thiophene rings is 1. The molecular formula is C23H22N4O5S2. The number of ether oxygens (including phenoxy) is 2. The first-order valence-corrected chi connectivity index (χ1v) is 12.6. The molecule has 2 aromatic heterocycles. The fraction of sp³-hybridized carbons (Fsp3) is 0.174. The van der Waals surface area contributed by atoms with Crippen LogP contribution in [0.4, 0.5) is 5.82 Å². The first-order valence-electron chi connectivity index (χ1n) is 10.2. The molecule has 0 fully saturated rings. The average Bonchev–Trinajstić information content (AvgIpc) is 3.37. The van der Waals surface area contributed by atoms with E-state index in [2.05, 4.69) is 24.7 Å². The number of aromatic nitrogens is 2. The number of carbonyl (C=O) groups excluding carboxylic acids is 1. The third-order valence-corrected chi connectivity index (χ3v) is 7.48.